The lowest BCUT2D eigenvalue weighted by Gasteiger charge is -2.35. The summed E-state index contributed by atoms with van der Waals surface area (Å²) in [5.74, 6) is 0. The van der Waals surface area contributed by atoms with E-state index < -0.39 is 5.41 Å². The molecule has 6 aromatic rings. The van der Waals surface area contributed by atoms with Crippen molar-refractivity contribution in [2.24, 2.45) is 0 Å². The van der Waals surface area contributed by atoms with E-state index in [1.807, 2.05) is 0 Å². The molecule has 0 aliphatic heterocycles. The third kappa shape index (κ3) is 3.70. The van der Waals surface area contributed by atoms with E-state index in [4.69, 9.17) is 0 Å². The number of rotatable bonds is 5. The molecule has 0 saturated carbocycles. The SMILES string of the molecule is Cc1ccc(N(c2ccccc2)c2ccc3c(c2)C(c2ccccc2)(c2ccccc2)c2ccccc2-3)c(C)c1. The average Bonchev–Trinajstić information content (AvgIpc) is 3.30. The summed E-state index contributed by atoms with van der Waals surface area (Å²) >= 11 is 0. The van der Waals surface area contributed by atoms with Gasteiger partial charge in [-0.05, 0) is 83.1 Å². The molecule has 1 heteroatoms. The average molecular weight is 514 g/mol. The van der Waals surface area contributed by atoms with Crippen LogP contribution >= 0.6 is 0 Å². The van der Waals surface area contributed by atoms with Crippen LogP contribution in [0.15, 0.2) is 152 Å². The first-order chi connectivity index (χ1) is 19.7. The Bertz CT molecular complexity index is 1760. The summed E-state index contributed by atoms with van der Waals surface area (Å²) < 4.78 is 0. The molecule has 0 aromatic heterocycles. The Labute approximate surface area is 237 Å². The molecule has 0 N–H and O–H groups in total. The fourth-order valence-electron chi connectivity index (χ4n) is 6.63. The second-order valence-electron chi connectivity index (χ2n) is 10.7. The summed E-state index contributed by atoms with van der Waals surface area (Å²) in [6.07, 6.45) is 0. The van der Waals surface area contributed by atoms with E-state index >= 15 is 0 Å². The van der Waals surface area contributed by atoms with E-state index in [1.54, 1.807) is 0 Å². The predicted octanol–water partition coefficient (Wildman–Crippen LogP) is 10.1. The fourth-order valence-corrected chi connectivity index (χ4v) is 6.63. The molecule has 0 unspecified atom stereocenters. The summed E-state index contributed by atoms with van der Waals surface area (Å²) in [6.45, 7) is 4.37. The van der Waals surface area contributed by atoms with Crippen molar-refractivity contribution >= 4 is 17.1 Å². The van der Waals surface area contributed by atoms with Crippen LogP contribution in [0.4, 0.5) is 17.1 Å². The summed E-state index contributed by atoms with van der Waals surface area (Å²) in [6, 6.07) is 55.4. The van der Waals surface area contributed by atoms with Crippen molar-refractivity contribution in [1.82, 2.24) is 0 Å². The van der Waals surface area contributed by atoms with Gasteiger partial charge in [0, 0.05) is 17.1 Å². The van der Waals surface area contributed by atoms with Crippen LogP contribution in [-0.2, 0) is 5.41 Å². The molecule has 0 atom stereocenters. The highest BCUT2D eigenvalue weighted by Crippen LogP contribution is 2.57. The van der Waals surface area contributed by atoms with Gasteiger partial charge >= 0.3 is 0 Å². The second kappa shape index (κ2) is 9.70. The fraction of sp³-hybridized carbons (Fsp3) is 0.0769. The van der Waals surface area contributed by atoms with Crippen molar-refractivity contribution in [2.75, 3.05) is 4.90 Å². The van der Waals surface area contributed by atoms with Crippen LogP contribution in [0.3, 0.4) is 0 Å². The summed E-state index contributed by atoms with van der Waals surface area (Å²) in [7, 11) is 0. The summed E-state index contributed by atoms with van der Waals surface area (Å²) in [5.41, 5.74) is 13.4. The molecule has 0 bridgehead atoms. The molecular weight excluding hydrogens is 482 g/mol. The molecule has 0 fully saturated rings. The Morgan fingerprint density at radius 3 is 1.68 bits per heavy atom. The van der Waals surface area contributed by atoms with E-state index in [2.05, 4.69) is 170 Å². The molecule has 7 rings (SSSR count). The van der Waals surface area contributed by atoms with Crippen LogP contribution in [0.25, 0.3) is 11.1 Å². The van der Waals surface area contributed by atoms with Gasteiger partial charge in [0.25, 0.3) is 0 Å². The first kappa shape index (κ1) is 24.2. The van der Waals surface area contributed by atoms with Crippen LogP contribution in [0.5, 0.6) is 0 Å². The van der Waals surface area contributed by atoms with Gasteiger partial charge in [-0.3, -0.25) is 0 Å². The molecule has 0 heterocycles. The highest BCUT2D eigenvalue weighted by molar-refractivity contribution is 5.89. The topological polar surface area (TPSA) is 3.24 Å². The maximum Gasteiger partial charge on any atom is 0.0714 e. The highest BCUT2D eigenvalue weighted by atomic mass is 15.1. The van der Waals surface area contributed by atoms with Gasteiger partial charge in [-0.15, -0.1) is 0 Å². The zero-order chi connectivity index (χ0) is 27.1. The van der Waals surface area contributed by atoms with Gasteiger partial charge in [-0.25, -0.2) is 0 Å². The van der Waals surface area contributed by atoms with Gasteiger partial charge in [0.15, 0.2) is 0 Å². The quantitative estimate of drug-likeness (QED) is 0.221. The number of aryl methyl sites for hydroxylation is 2. The summed E-state index contributed by atoms with van der Waals surface area (Å²) in [5, 5.41) is 0. The largest absolute Gasteiger partial charge is 0.310 e. The molecule has 1 nitrogen and oxygen atoms in total. The number of hydrogen-bond acceptors (Lipinski definition) is 1. The zero-order valence-corrected chi connectivity index (χ0v) is 22.9. The Morgan fingerprint density at radius 1 is 0.450 bits per heavy atom. The molecular formula is C39H31N. The van der Waals surface area contributed by atoms with Gasteiger partial charge < -0.3 is 4.90 Å². The minimum absolute atomic E-state index is 0.421. The number of para-hydroxylation sites is 1. The van der Waals surface area contributed by atoms with Crippen molar-refractivity contribution < 1.29 is 0 Å². The molecule has 192 valence electrons. The van der Waals surface area contributed by atoms with E-state index in [-0.39, 0.29) is 0 Å². The Morgan fingerprint density at radius 2 is 1.02 bits per heavy atom. The number of benzene rings is 6. The van der Waals surface area contributed by atoms with Crippen LogP contribution in [0.1, 0.15) is 33.4 Å². The second-order valence-corrected chi connectivity index (χ2v) is 10.7. The van der Waals surface area contributed by atoms with Gasteiger partial charge in [-0.1, -0.05) is 127 Å². The van der Waals surface area contributed by atoms with Crippen molar-refractivity contribution in [1.29, 1.82) is 0 Å². The third-order valence-electron chi connectivity index (χ3n) is 8.31. The number of fused-ring (bicyclic) bond motifs is 3. The normalized spacial score (nSPS) is 12.9. The number of anilines is 3. The van der Waals surface area contributed by atoms with Crippen molar-refractivity contribution in [2.45, 2.75) is 19.3 Å². The third-order valence-corrected chi connectivity index (χ3v) is 8.31. The molecule has 0 spiro atoms. The Hall–Kier alpha value is -4.88. The van der Waals surface area contributed by atoms with Gasteiger partial charge in [-0.2, -0.15) is 0 Å². The lowest BCUT2D eigenvalue weighted by molar-refractivity contribution is 0.768. The highest BCUT2D eigenvalue weighted by Gasteiger charge is 2.46. The molecule has 0 amide bonds. The van der Waals surface area contributed by atoms with Crippen molar-refractivity contribution in [3.05, 3.63) is 185 Å². The lowest BCUT2D eigenvalue weighted by atomic mass is 9.67. The van der Waals surface area contributed by atoms with E-state index in [9.17, 15) is 0 Å². The monoisotopic (exact) mass is 513 g/mol. The van der Waals surface area contributed by atoms with Crippen molar-refractivity contribution in [3.63, 3.8) is 0 Å². The maximum absolute atomic E-state index is 2.43. The molecule has 1 aliphatic carbocycles. The first-order valence-electron chi connectivity index (χ1n) is 14.0. The van der Waals surface area contributed by atoms with Gasteiger partial charge in [0.05, 0.1) is 5.41 Å². The minimum Gasteiger partial charge on any atom is -0.310 e. The molecule has 1 aliphatic rings. The van der Waals surface area contributed by atoms with Crippen LogP contribution in [0, 0.1) is 13.8 Å². The minimum atomic E-state index is -0.421. The van der Waals surface area contributed by atoms with E-state index in [0.29, 0.717) is 0 Å². The molecule has 0 saturated heterocycles. The number of nitrogens with zero attached hydrogens (tertiary/aromatic N) is 1. The van der Waals surface area contributed by atoms with Crippen LogP contribution in [0.2, 0.25) is 0 Å². The molecule has 0 radical (unpaired) electrons. The van der Waals surface area contributed by atoms with E-state index in [0.717, 1.165) is 11.4 Å². The van der Waals surface area contributed by atoms with Crippen LogP contribution < -0.4 is 4.90 Å². The number of hydrogen-bond donors (Lipinski definition) is 0. The van der Waals surface area contributed by atoms with Gasteiger partial charge in [0.1, 0.15) is 0 Å². The lowest BCUT2D eigenvalue weighted by Crippen LogP contribution is -2.28. The van der Waals surface area contributed by atoms with E-state index in [1.165, 1.54) is 50.2 Å². The molecule has 40 heavy (non-hydrogen) atoms. The van der Waals surface area contributed by atoms with Gasteiger partial charge in [0.2, 0.25) is 0 Å². The first-order valence-corrected chi connectivity index (χ1v) is 14.0. The standard InChI is InChI=1S/C39H31N/c1-28-22-25-38(29(2)26-28)40(32-18-10-5-11-19-32)33-23-24-35-34-20-12-13-21-36(34)39(37(35)27-33,30-14-6-3-7-15-30)31-16-8-4-9-17-31/h3-27H,1-2H3. The van der Waals surface area contributed by atoms with Crippen molar-refractivity contribution in [3.8, 4) is 11.1 Å². The van der Waals surface area contributed by atoms with Crippen LogP contribution in [-0.4, -0.2) is 0 Å². The maximum atomic E-state index is 2.43. The molecule has 6 aromatic carbocycles. The zero-order valence-electron chi connectivity index (χ0n) is 22.9. The summed E-state index contributed by atoms with van der Waals surface area (Å²) in [4.78, 5) is 2.40. The smallest absolute Gasteiger partial charge is 0.0714 e. The Balaban J connectivity index is 1.55. The Kier molecular flexibility index (Phi) is 5.86. The predicted molar refractivity (Wildman–Crippen MR) is 168 cm³/mol.